The summed E-state index contributed by atoms with van der Waals surface area (Å²) in [6.45, 7) is 25.6. The Kier molecular flexibility index (Phi) is 19.5. The summed E-state index contributed by atoms with van der Waals surface area (Å²) in [7, 11) is 0. The molecule has 4 aromatic rings. The van der Waals surface area contributed by atoms with E-state index in [4.69, 9.17) is 28.6 Å². The molecule has 14 nitrogen and oxygen atoms in total. The van der Waals surface area contributed by atoms with Gasteiger partial charge < -0.3 is 29.6 Å². The van der Waals surface area contributed by atoms with Crippen molar-refractivity contribution in [3.8, 4) is 0 Å². The first-order valence-corrected chi connectivity index (χ1v) is 26.5. The first-order chi connectivity index (χ1) is 34.9. The summed E-state index contributed by atoms with van der Waals surface area (Å²) in [4.78, 5) is 64.3. The fourth-order valence-corrected chi connectivity index (χ4v) is 10.7. The maximum atomic E-state index is 12.8. The van der Waals surface area contributed by atoms with Crippen LogP contribution in [0.15, 0.2) is 109 Å². The number of hydrogen-bond donors (Lipinski definition) is 2. The highest BCUT2D eigenvalue weighted by molar-refractivity contribution is 5.90. The molecule has 0 saturated carbocycles. The van der Waals surface area contributed by atoms with Gasteiger partial charge in [0, 0.05) is 60.9 Å². The number of piperidine rings is 2. The van der Waals surface area contributed by atoms with E-state index in [9.17, 15) is 19.2 Å². The number of alkyl carbamates (subject to hydrolysis) is 2. The largest absolute Gasteiger partial charge is 0.459 e. The number of benzene rings is 4. The third-order valence-electron chi connectivity index (χ3n) is 14.2. The molecule has 2 aliphatic rings. The van der Waals surface area contributed by atoms with Gasteiger partial charge in [-0.15, -0.1) is 0 Å². The van der Waals surface area contributed by atoms with Crippen LogP contribution in [0.5, 0.6) is 0 Å². The second-order valence-electron chi connectivity index (χ2n) is 22.6. The Hall–Kier alpha value is -5.80. The number of amides is 2. The molecule has 0 aromatic heterocycles. The van der Waals surface area contributed by atoms with Crippen LogP contribution in [0, 0.1) is 0 Å². The third-order valence-corrected chi connectivity index (χ3v) is 14.2. The standard InChI is InChI=1S/C60H82N4O10/c1-41(45-27-31-47(32-28-45)43(3)73-63-57(5,6)37-51(38-58(63,7)8)71-53(65)49-23-17-15-18-24-49)69-55(67)61-35-21-13-14-22-36-62-56(68)70-42(2)46-29-33-48(34-30-46)44(4)74-64-59(9,10)39-52(40-60(64,11)12)72-54(66)50-25-19-16-20-26-50/h15-20,23-34,41-44,51-52H,13-14,21-22,35-40H2,1-12H3,(H,61,67)(H,62,68). The summed E-state index contributed by atoms with van der Waals surface area (Å²) < 4.78 is 23.3. The number of nitrogens with one attached hydrogen (secondary N) is 2. The quantitative estimate of drug-likeness (QED) is 0.0464. The van der Waals surface area contributed by atoms with Gasteiger partial charge in [0.15, 0.2) is 0 Å². The van der Waals surface area contributed by atoms with Crippen molar-refractivity contribution < 1.29 is 47.8 Å². The molecular formula is C60H82N4O10. The van der Waals surface area contributed by atoms with Gasteiger partial charge in [-0.3, -0.25) is 9.68 Å². The van der Waals surface area contributed by atoms with Gasteiger partial charge in [-0.2, -0.15) is 10.1 Å². The second-order valence-corrected chi connectivity index (χ2v) is 22.6. The van der Waals surface area contributed by atoms with Gasteiger partial charge in [0.05, 0.1) is 11.1 Å². The number of nitrogens with zero attached hydrogens (tertiary/aromatic N) is 2. The van der Waals surface area contributed by atoms with Crippen molar-refractivity contribution in [2.75, 3.05) is 13.1 Å². The van der Waals surface area contributed by atoms with Gasteiger partial charge >= 0.3 is 24.1 Å². The van der Waals surface area contributed by atoms with Crippen molar-refractivity contribution in [3.63, 3.8) is 0 Å². The monoisotopic (exact) mass is 1020 g/mol. The molecule has 6 rings (SSSR count). The highest BCUT2D eigenvalue weighted by Crippen LogP contribution is 2.44. The molecule has 4 atom stereocenters. The minimum absolute atomic E-state index is 0.244. The summed E-state index contributed by atoms with van der Waals surface area (Å²) in [5, 5.41) is 9.83. The molecule has 0 spiro atoms. The molecule has 2 heterocycles. The first-order valence-electron chi connectivity index (χ1n) is 26.5. The van der Waals surface area contributed by atoms with Crippen molar-refractivity contribution in [1.82, 2.24) is 20.8 Å². The van der Waals surface area contributed by atoms with E-state index in [0.717, 1.165) is 47.9 Å². The molecule has 14 heteroatoms. The van der Waals surface area contributed by atoms with Crippen molar-refractivity contribution in [2.24, 2.45) is 0 Å². The molecular weight excluding hydrogens is 937 g/mol. The molecule has 0 radical (unpaired) electrons. The maximum Gasteiger partial charge on any atom is 0.407 e. The summed E-state index contributed by atoms with van der Waals surface area (Å²) >= 11 is 0. The number of ether oxygens (including phenoxy) is 4. The van der Waals surface area contributed by atoms with Gasteiger partial charge in [0.25, 0.3) is 0 Å². The molecule has 0 aliphatic carbocycles. The lowest BCUT2D eigenvalue weighted by atomic mass is 9.80. The minimum atomic E-state index is -0.470. The molecule has 2 amide bonds. The molecule has 4 aromatic carbocycles. The smallest absolute Gasteiger partial charge is 0.407 e. The number of carbonyl (C=O) groups excluding carboxylic acids is 4. The summed E-state index contributed by atoms with van der Waals surface area (Å²) in [5.41, 5.74) is 3.19. The van der Waals surface area contributed by atoms with Crippen LogP contribution >= 0.6 is 0 Å². The Labute approximate surface area is 440 Å². The molecule has 0 bridgehead atoms. The first kappa shape index (κ1) is 57.5. The summed E-state index contributed by atoms with van der Waals surface area (Å²) in [6, 6.07) is 34.0. The number of esters is 2. The predicted molar refractivity (Wildman–Crippen MR) is 286 cm³/mol. The number of carbonyl (C=O) groups is 4. The van der Waals surface area contributed by atoms with E-state index in [2.05, 4.69) is 76.1 Å². The van der Waals surface area contributed by atoms with Crippen LogP contribution in [0.1, 0.15) is 202 Å². The van der Waals surface area contributed by atoms with Crippen molar-refractivity contribution >= 4 is 24.1 Å². The number of rotatable bonds is 21. The second kappa shape index (κ2) is 25.2. The van der Waals surface area contributed by atoms with E-state index in [0.29, 0.717) is 49.9 Å². The van der Waals surface area contributed by atoms with E-state index in [1.54, 1.807) is 24.3 Å². The van der Waals surface area contributed by atoms with Crippen LogP contribution in [0.3, 0.4) is 0 Å². The van der Waals surface area contributed by atoms with Crippen molar-refractivity contribution in [2.45, 2.75) is 193 Å². The highest BCUT2D eigenvalue weighted by Gasteiger charge is 2.50. The number of hydroxylamine groups is 4. The van der Waals surface area contributed by atoms with Gasteiger partial charge in [-0.1, -0.05) is 97.8 Å². The Morgan fingerprint density at radius 1 is 0.446 bits per heavy atom. The van der Waals surface area contributed by atoms with Gasteiger partial charge in [-0.05, 0) is 142 Å². The molecule has 2 saturated heterocycles. The molecule has 74 heavy (non-hydrogen) atoms. The zero-order chi connectivity index (χ0) is 53.8. The van der Waals surface area contributed by atoms with E-state index in [1.165, 1.54) is 0 Å². The van der Waals surface area contributed by atoms with Gasteiger partial charge in [0.1, 0.15) is 36.6 Å². The maximum absolute atomic E-state index is 12.8. The molecule has 2 fully saturated rings. The Balaban J connectivity index is 0.828. The SMILES string of the molecule is CC(OC(=O)NCCCCCCNC(=O)OC(C)c1ccc(C(C)ON2C(C)(C)CC(OC(=O)c3ccccc3)CC2(C)C)cc1)c1ccc(C(C)ON2C(C)(C)CC(OC(=O)c3ccccc3)CC2(C)C)cc1. The average molecular weight is 1020 g/mol. The Bertz CT molecular complexity index is 2240. The summed E-state index contributed by atoms with van der Waals surface area (Å²) in [5.74, 6) is -0.621. The third kappa shape index (κ3) is 15.9. The van der Waals surface area contributed by atoms with Gasteiger partial charge in [0.2, 0.25) is 0 Å². The number of unbranched alkanes of at least 4 members (excludes halogenated alkanes) is 3. The van der Waals surface area contributed by atoms with Gasteiger partial charge in [-0.25, -0.2) is 19.2 Å². The van der Waals surface area contributed by atoms with Crippen LogP contribution in [0.4, 0.5) is 9.59 Å². The Morgan fingerprint density at radius 2 is 0.730 bits per heavy atom. The van der Waals surface area contributed by atoms with E-state index < -0.39 is 46.6 Å². The highest BCUT2D eigenvalue weighted by atomic mass is 16.7. The molecule has 4 unspecified atom stereocenters. The van der Waals surface area contributed by atoms with Crippen molar-refractivity contribution in [3.05, 3.63) is 143 Å². The van der Waals surface area contributed by atoms with Crippen LogP contribution in [0.25, 0.3) is 0 Å². The molecule has 402 valence electrons. The fourth-order valence-electron chi connectivity index (χ4n) is 10.7. The Morgan fingerprint density at radius 3 is 1.03 bits per heavy atom. The minimum Gasteiger partial charge on any atom is -0.459 e. The van der Waals surface area contributed by atoms with Crippen molar-refractivity contribution in [1.29, 1.82) is 0 Å². The zero-order valence-corrected chi connectivity index (χ0v) is 45.9. The van der Waals surface area contributed by atoms with Crippen LogP contribution < -0.4 is 10.6 Å². The number of hydrogen-bond acceptors (Lipinski definition) is 12. The molecule has 2 N–H and O–H groups in total. The lowest BCUT2D eigenvalue weighted by Gasteiger charge is -2.54. The van der Waals surface area contributed by atoms with E-state index in [1.807, 2.05) is 113 Å². The molecule has 2 aliphatic heterocycles. The zero-order valence-electron chi connectivity index (χ0n) is 45.9. The van der Waals surface area contributed by atoms with Crippen LogP contribution in [-0.4, -0.2) is 81.7 Å². The van der Waals surface area contributed by atoms with E-state index >= 15 is 0 Å². The lowest BCUT2D eigenvalue weighted by molar-refractivity contribution is -0.313. The van der Waals surface area contributed by atoms with E-state index in [-0.39, 0.29) is 36.4 Å². The fraction of sp³-hybridized carbons (Fsp3) is 0.533. The topological polar surface area (TPSA) is 154 Å². The predicted octanol–water partition coefficient (Wildman–Crippen LogP) is 13.3. The lowest BCUT2D eigenvalue weighted by Crippen LogP contribution is -2.62. The van der Waals surface area contributed by atoms with Crippen LogP contribution in [0.2, 0.25) is 0 Å². The normalized spacial score (nSPS) is 19.2. The van der Waals surface area contributed by atoms with Crippen LogP contribution in [-0.2, 0) is 28.6 Å². The average Bonchev–Trinajstić information content (AvgIpc) is 3.34. The summed E-state index contributed by atoms with van der Waals surface area (Å²) in [6.07, 6.45) is 3.00.